The molecule has 0 saturated heterocycles. The molecule has 0 saturated carbocycles. The molecular weight excluding hydrogens is 826 g/mol. The number of hydrogen-bond acceptors (Lipinski definition) is 9. The van der Waals surface area contributed by atoms with Crippen LogP contribution in [0, 0.1) is 11.8 Å². The highest BCUT2D eigenvalue weighted by Gasteiger charge is 2.44. The normalized spacial score (nSPS) is 25.0. The molecule has 0 radical (unpaired) electrons. The van der Waals surface area contributed by atoms with Crippen molar-refractivity contribution in [2.24, 2.45) is 17.6 Å². The quantitative estimate of drug-likeness (QED) is 0.0583. The predicted molar refractivity (Wildman–Crippen MR) is 256 cm³/mol. The molecule has 5 rings (SSSR count). The van der Waals surface area contributed by atoms with Crippen molar-refractivity contribution in [1.82, 2.24) is 10.6 Å². The number of hydrogen-bond donors (Lipinski definition) is 4. The number of carbonyl (C=O) groups excluding carboxylic acids is 4. The number of carbonyl (C=O) groups is 4. The van der Waals surface area contributed by atoms with Gasteiger partial charge >= 0.3 is 6.09 Å². The van der Waals surface area contributed by atoms with E-state index >= 15 is 0 Å². The Kier molecular flexibility index (Phi) is 18.6. The number of nitrogens with two attached hydrogens (primary N) is 1. The van der Waals surface area contributed by atoms with Crippen molar-refractivity contribution in [1.29, 1.82) is 0 Å². The monoisotopic (exact) mass is 890 g/mol. The van der Waals surface area contributed by atoms with E-state index in [1.54, 1.807) is 32.1 Å². The summed E-state index contributed by atoms with van der Waals surface area (Å²) in [5.74, 6) is -2.09. The highest BCUT2D eigenvalue weighted by molar-refractivity contribution is 7.95. The fraction of sp³-hybridized carbons (Fsp3) is 0.385. The average Bonchev–Trinajstić information content (AvgIpc) is 3.29. The number of unbranched alkanes of at least 4 members (excludes halogenated alkanes) is 3. The van der Waals surface area contributed by atoms with E-state index in [0.717, 1.165) is 31.8 Å². The SMILES string of the molecule is COC1/C=C/C=C(/C)C(=O)NC2=CC(=O)C(NCCCCCC[P+](c3ccccc3)(c3ccccc3)c3ccccc3)=C(C[C@@H](C)CC(OC)[C@H](O)[C@@H](C)/C=C(\C)[C@@H]1OC(N)=O)C2=O. The summed E-state index contributed by atoms with van der Waals surface area (Å²) < 4.78 is 16.9. The molecule has 1 aliphatic carbocycles. The molecule has 2 bridgehead atoms. The van der Waals surface area contributed by atoms with Crippen LogP contribution in [0.5, 0.6) is 0 Å². The van der Waals surface area contributed by atoms with Crippen LogP contribution >= 0.6 is 7.26 Å². The number of rotatable bonds is 14. The van der Waals surface area contributed by atoms with E-state index in [0.29, 0.717) is 18.5 Å². The van der Waals surface area contributed by atoms with Gasteiger partial charge in [-0.2, -0.15) is 0 Å². The lowest BCUT2D eigenvalue weighted by atomic mass is 9.85. The van der Waals surface area contributed by atoms with Gasteiger partial charge < -0.3 is 35.7 Å². The van der Waals surface area contributed by atoms with Crippen LogP contribution in [0.15, 0.2) is 149 Å². The largest absolute Gasteiger partial charge is 0.439 e. The van der Waals surface area contributed by atoms with Gasteiger partial charge in [0, 0.05) is 43.9 Å². The van der Waals surface area contributed by atoms with Gasteiger partial charge in [-0.3, -0.25) is 14.4 Å². The number of ether oxygens (including phenoxy) is 3. The van der Waals surface area contributed by atoms with Crippen molar-refractivity contribution in [2.75, 3.05) is 26.9 Å². The molecule has 1 heterocycles. The third-order valence-corrected chi connectivity index (χ3v) is 16.6. The van der Waals surface area contributed by atoms with Gasteiger partial charge in [0.2, 0.25) is 11.6 Å². The Morgan fingerprint density at radius 2 is 1.42 bits per heavy atom. The number of benzene rings is 3. The number of aliphatic hydroxyl groups is 1. The van der Waals surface area contributed by atoms with E-state index in [2.05, 4.69) is 102 Å². The first-order valence-corrected chi connectivity index (χ1v) is 24.1. The van der Waals surface area contributed by atoms with Gasteiger partial charge in [-0.05, 0) is 93.8 Å². The molecule has 0 aromatic heterocycles. The van der Waals surface area contributed by atoms with Crippen LogP contribution in [0.25, 0.3) is 0 Å². The third kappa shape index (κ3) is 12.6. The number of nitrogens with one attached hydrogen (secondary N) is 2. The molecule has 3 aromatic carbocycles. The topological polar surface area (TPSA) is 166 Å². The number of Topliss-reactive ketones (excluding diaryl/α,β-unsaturated/α-hetero) is 1. The van der Waals surface area contributed by atoms with Crippen LogP contribution in [-0.4, -0.2) is 80.0 Å². The molecule has 6 atom stereocenters. The number of primary amides is 1. The highest BCUT2D eigenvalue weighted by atomic mass is 31.2. The zero-order chi connectivity index (χ0) is 46.2. The lowest BCUT2D eigenvalue weighted by Crippen LogP contribution is -2.38. The summed E-state index contributed by atoms with van der Waals surface area (Å²) in [5, 5.41) is 21.6. The molecule has 2 aliphatic rings. The van der Waals surface area contributed by atoms with E-state index in [-0.39, 0.29) is 34.9 Å². The number of fused-ring (bicyclic) bond motifs is 2. The van der Waals surface area contributed by atoms with Gasteiger partial charge in [0.1, 0.15) is 29.3 Å². The standard InChI is InChI=1S/C52H64N3O8P/c1-35-31-42-47(54-29-18-7-8-19-30-64(39-22-12-9-13-23-39,40-24-14-10-15-25-40)41-26-16-11-17-27-41)44(56)34-43(49(42)58)55-51(59)36(2)21-20-28-45(61-5)50(63-52(53)60)38(4)33-37(3)48(57)46(32-35)62-6/h9-17,20-28,33-35,37,45-46,48,50,57H,7-8,18-19,29-32H2,1-6H3,(H3-,53,54,55,56,58,59,60)/p+1/b28-20+,36-21-,38-33+/t35-,37+,45?,46?,48-,50+/m1/s1. The summed E-state index contributed by atoms with van der Waals surface area (Å²) in [6.07, 6.45) is 8.61. The number of aliphatic hydroxyl groups excluding tert-OH is 1. The second kappa shape index (κ2) is 24.0. The number of amides is 2. The molecule has 2 unspecified atom stereocenters. The second-order valence-electron chi connectivity index (χ2n) is 16.8. The Hall–Kier alpha value is -5.45. The maximum atomic E-state index is 14.2. The van der Waals surface area contributed by atoms with Crippen LogP contribution in [0.4, 0.5) is 4.79 Å². The number of methoxy groups -OCH3 is 2. The molecule has 0 spiro atoms. The smallest absolute Gasteiger partial charge is 0.405 e. The first-order chi connectivity index (χ1) is 30.8. The Bertz CT molecular complexity index is 2120. The minimum absolute atomic E-state index is 0.110. The van der Waals surface area contributed by atoms with Crippen molar-refractivity contribution in [3.8, 4) is 0 Å². The Labute approximate surface area is 379 Å². The van der Waals surface area contributed by atoms with E-state index in [1.165, 1.54) is 42.3 Å². The summed E-state index contributed by atoms with van der Waals surface area (Å²) in [6, 6.07) is 32.6. The zero-order valence-corrected chi connectivity index (χ0v) is 38.9. The fourth-order valence-electron chi connectivity index (χ4n) is 8.70. The van der Waals surface area contributed by atoms with Crippen molar-refractivity contribution in [2.45, 2.75) is 90.6 Å². The van der Waals surface area contributed by atoms with Gasteiger partial charge in [-0.1, -0.05) is 99.2 Å². The predicted octanol–water partition coefficient (Wildman–Crippen LogP) is 6.91. The highest BCUT2D eigenvalue weighted by Crippen LogP contribution is 2.56. The molecule has 5 N–H and O–H groups in total. The fourth-order valence-corrected chi connectivity index (χ4v) is 13.1. The summed E-state index contributed by atoms with van der Waals surface area (Å²) in [6.45, 7) is 7.58. The minimum atomic E-state index is -1.94. The zero-order valence-electron chi connectivity index (χ0n) is 38.0. The van der Waals surface area contributed by atoms with Crippen LogP contribution in [0.2, 0.25) is 0 Å². The van der Waals surface area contributed by atoms with Crippen LogP contribution < -0.4 is 32.3 Å². The summed E-state index contributed by atoms with van der Waals surface area (Å²) >= 11 is 0. The minimum Gasteiger partial charge on any atom is -0.439 e. The van der Waals surface area contributed by atoms with Crippen molar-refractivity contribution < 1.29 is 38.5 Å². The Morgan fingerprint density at radius 3 is 1.97 bits per heavy atom. The molecule has 1 aliphatic heterocycles. The summed E-state index contributed by atoms with van der Waals surface area (Å²) in [5.41, 5.74) is 6.67. The van der Waals surface area contributed by atoms with Crippen molar-refractivity contribution >= 4 is 46.7 Å². The van der Waals surface area contributed by atoms with Gasteiger partial charge in [0.15, 0.2) is 6.10 Å². The number of allylic oxidation sites excluding steroid dienone is 4. The molecule has 3 aromatic rings. The Morgan fingerprint density at radius 1 is 0.844 bits per heavy atom. The Balaban J connectivity index is 1.34. The van der Waals surface area contributed by atoms with E-state index < -0.39 is 61.2 Å². The molecule has 64 heavy (non-hydrogen) atoms. The first-order valence-electron chi connectivity index (χ1n) is 22.2. The van der Waals surface area contributed by atoms with E-state index in [1.807, 2.05) is 13.8 Å². The van der Waals surface area contributed by atoms with Gasteiger partial charge in [-0.15, -0.1) is 0 Å². The first kappa shape index (κ1) is 49.6. The van der Waals surface area contributed by atoms with Gasteiger partial charge in [-0.25, -0.2) is 4.79 Å². The van der Waals surface area contributed by atoms with Crippen LogP contribution in [0.1, 0.15) is 66.2 Å². The maximum absolute atomic E-state index is 14.2. The average molecular weight is 891 g/mol. The van der Waals surface area contributed by atoms with Crippen LogP contribution in [-0.2, 0) is 28.6 Å². The van der Waals surface area contributed by atoms with E-state index in [4.69, 9.17) is 19.9 Å². The summed E-state index contributed by atoms with van der Waals surface area (Å²) in [7, 11) is 1.03. The van der Waals surface area contributed by atoms with Crippen LogP contribution in [0.3, 0.4) is 0 Å². The number of ketones is 2. The lowest BCUT2D eigenvalue weighted by molar-refractivity contribution is -0.120. The lowest BCUT2D eigenvalue weighted by Gasteiger charge is -2.30. The molecule has 2 amide bonds. The molecule has 0 fully saturated rings. The molecule has 340 valence electrons. The third-order valence-electron chi connectivity index (χ3n) is 12.1. The molecule has 11 nitrogen and oxygen atoms in total. The van der Waals surface area contributed by atoms with Gasteiger partial charge in [0.25, 0.3) is 5.91 Å². The van der Waals surface area contributed by atoms with Crippen molar-refractivity contribution in [3.63, 3.8) is 0 Å². The van der Waals surface area contributed by atoms with E-state index in [9.17, 15) is 24.3 Å². The molecule has 12 heteroatoms. The summed E-state index contributed by atoms with van der Waals surface area (Å²) in [4.78, 5) is 53.4. The maximum Gasteiger partial charge on any atom is 0.405 e. The molecular formula is C52H65N3O8P+. The second-order valence-corrected chi connectivity index (χ2v) is 20.4. The van der Waals surface area contributed by atoms with Crippen molar-refractivity contribution in [3.05, 3.63) is 149 Å². The van der Waals surface area contributed by atoms with Gasteiger partial charge in [0.05, 0.1) is 29.8 Å².